The summed E-state index contributed by atoms with van der Waals surface area (Å²) in [6.45, 7) is 7.04. The molecule has 0 bridgehead atoms. The molecule has 0 saturated heterocycles. The third kappa shape index (κ3) is 2.98. The van der Waals surface area contributed by atoms with Crippen molar-refractivity contribution in [1.29, 1.82) is 0 Å². The average molecular weight is 349 g/mol. The lowest BCUT2D eigenvalue weighted by atomic mass is 9.46. The molecule has 0 N–H and O–H groups in total. The Labute approximate surface area is 154 Å². The van der Waals surface area contributed by atoms with Gasteiger partial charge in [-0.3, -0.25) is 4.79 Å². The van der Waals surface area contributed by atoms with Crippen molar-refractivity contribution in [3.05, 3.63) is 11.6 Å². The zero-order valence-electron chi connectivity index (χ0n) is 17.1. The van der Waals surface area contributed by atoms with Crippen molar-refractivity contribution >= 4 is 12.3 Å². The Morgan fingerprint density at radius 1 is 1.36 bits per heavy atom. The number of hydrogen-bond donors (Lipinski definition) is 0. The summed E-state index contributed by atoms with van der Waals surface area (Å²) in [7, 11) is 0. The Balaban J connectivity index is 1.88. The second-order valence-electron chi connectivity index (χ2n) is 9.40. The average Bonchev–Trinajstić information content (AvgIpc) is 2.59. The Morgan fingerprint density at radius 3 is 2.88 bits per heavy atom. The van der Waals surface area contributed by atoms with E-state index < -0.39 is 5.41 Å². The quantitative estimate of drug-likeness (QED) is 0.404. The minimum atomic E-state index is -0.433. The van der Waals surface area contributed by atoms with E-state index >= 15 is 0 Å². The topological polar surface area (TPSA) is 43.4 Å². The minimum absolute atomic E-state index is 0.0679. The van der Waals surface area contributed by atoms with E-state index in [-0.39, 0.29) is 30.3 Å². The molecule has 0 heterocycles. The molecule has 0 aromatic carbocycles. The van der Waals surface area contributed by atoms with Gasteiger partial charge >= 0.3 is 5.97 Å². The SMILES string of the molecule is [3H]CCOC(=O)[C@]1(C)CCC[C@@]2(C)C3=CC[C@](C)(CC=O)CC3CCC12. The zero-order chi connectivity index (χ0) is 19.0. The first-order valence-corrected chi connectivity index (χ1v) is 9.90. The highest BCUT2D eigenvalue weighted by Crippen LogP contribution is 2.64. The van der Waals surface area contributed by atoms with Gasteiger partial charge in [-0.05, 0) is 75.0 Å². The number of ether oxygens (including phenoxy) is 1. The summed E-state index contributed by atoms with van der Waals surface area (Å²) in [4.78, 5) is 24.0. The van der Waals surface area contributed by atoms with Gasteiger partial charge in [-0.1, -0.05) is 31.9 Å². The Morgan fingerprint density at radius 2 is 2.16 bits per heavy atom. The van der Waals surface area contributed by atoms with Crippen LogP contribution < -0.4 is 0 Å². The minimum Gasteiger partial charge on any atom is -0.466 e. The van der Waals surface area contributed by atoms with Gasteiger partial charge < -0.3 is 9.53 Å². The highest BCUT2D eigenvalue weighted by molar-refractivity contribution is 5.77. The highest BCUT2D eigenvalue weighted by Gasteiger charge is 2.58. The molecule has 3 aliphatic rings. The number of carbonyl (C=O) groups excluding carboxylic acids is 2. The summed E-state index contributed by atoms with van der Waals surface area (Å²) >= 11 is 0. The van der Waals surface area contributed by atoms with Crippen LogP contribution in [0.4, 0.5) is 0 Å². The number of hydrogen-bond acceptors (Lipinski definition) is 3. The van der Waals surface area contributed by atoms with E-state index in [9.17, 15) is 9.59 Å². The number of fused-ring (bicyclic) bond motifs is 3. The lowest BCUT2D eigenvalue weighted by Gasteiger charge is -2.58. The maximum atomic E-state index is 12.9. The standard InChI is InChI=1S/C22H34O3/c1-5-25-19(24)22(4)11-6-10-21(3)17-9-12-20(2,13-14-23)15-16(17)7-8-18(21)22/h9,14,16,18H,5-8,10-13,15H2,1-4H3/t16?,18?,20-,21+,22-/m1/s1/i1T. The van der Waals surface area contributed by atoms with Crippen molar-refractivity contribution in [2.24, 2.45) is 28.1 Å². The van der Waals surface area contributed by atoms with E-state index in [1.165, 1.54) is 0 Å². The summed E-state index contributed by atoms with van der Waals surface area (Å²) in [5, 5.41) is 0. The first-order valence-electron chi connectivity index (χ1n) is 10.6. The predicted octanol–water partition coefficient (Wildman–Crippen LogP) is 5.09. The number of carbonyl (C=O) groups is 2. The van der Waals surface area contributed by atoms with Crippen LogP contribution in [-0.2, 0) is 14.3 Å². The zero-order valence-corrected chi connectivity index (χ0v) is 16.1. The summed E-state index contributed by atoms with van der Waals surface area (Å²) in [6, 6.07) is 0. The fourth-order valence-corrected chi connectivity index (χ4v) is 6.36. The molecule has 0 spiro atoms. The Kier molecular flexibility index (Phi) is 4.54. The van der Waals surface area contributed by atoms with Crippen molar-refractivity contribution in [2.45, 2.75) is 79.0 Å². The Bertz CT molecular complexity index is 600. The summed E-state index contributed by atoms with van der Waals surface area (Å²) < 4.78 is 12.7. The molecule has 2 saturated carbocycles. The van der Waals surface area contributed by atoms with Crippen molar-refractivity contribution in [3.63, 3.8) is 0 Å². The van der Waals surface area contributed by atoms with E-state index in [4.69, 9.17) is 6.11 Å². The molecule has 2 fully saturated rings. The fourth-order valence-electron chi connectivity index (χ4n) is 6.36. The lowest BCUT2D eigenvalue weighted by molar-refractivity contribution is -0.167. The molecule has 0 aliphatic heterocycles. The summed E-state index contributed by atoms with van der Waals surface area (Å²) in [5.41, 5.74) is 1.29. The Hall–Kier alpha value is -1.12. The van der Waals surface area contributed by atoms with Crippen molar-refractivity contribution < 1.29 is 15.7 Å². The van der Waals surface area contributed by atoms with Gasteiger partial charge in [0.25, 0.3) is 0 Å². The van der Waals surface area contributed by atoms with E-state index in [2.05, 4.69) is 26.8 Å². The first kappa shape index (κ1) is 17.3. The molecule has 2 unspecified atom stereocenters. The van der Waals surface area contributed by atoms with Gasteiger partial charge in [-0.15, -0.1) is 0 Å². The molecule has 0 aromatic heterocycles. The molecule has 0 radical (unpaired) electrons. The van der Waals surface area contributed by atoms with Crippen molar-refractivity contribution in [2.75, 3.05) is 6.61 Å². The third-order valence-corrected chi connectivity index (χ3v) is 7.66. The fraction of sp³-hybridized carbons (Fsp3) is 0.818. The second kappa shape index (κ2) is 6.55. The van der Waals surface area contributed by atoms with Crippen LogP contribution in [0.5, 0.6) is 0 Å². The molecular formula is C22H34O3. The smallest absolute Gasteiger partial charge is 0.312 e. The second-order valence-corrected chi connectivity index (χ2v) is 9.40. The molecule has 5 atom stereocenters. The molecule has 0 aromatic rings. The van der Waals surface area contributed by atoms with E-state index in [0.29, 0.717) is 18.3 Å². The van der Waals surface area contributed by atoms with Crippen LogP contribution in [0, 0.1) is 28.1 Å². The number of esters is 1. The molecule has 3 aliphatic carbocycles. The molecule has 3 heteroatoms. The van der Waals surface area contributed by atoms with Crippen molar-refractivity contribution in [3.8, 4) is 0 Å². The summed E-state index contributed by atoms with van der Waals surface area (Å²) in [6.07, 6.45) is 11.5. The van der Waals surface area contributed by atoms with Crippen LogP contribution in [-0.4, -0.2) is 18.9 Å². The van der Waals surface area contributed by atoms with Gasteiger partial charge in [-0.2, -0.15) is 0 Å². The number of allylic oxidation sites excluding steroid dienone is 2. The van der Waals surface area contributed by atoms with Crippen LogP contribution >= 0.6 is 0 Å². The van der Waals surface area contributed by atoms with Gasteiger partial charge in [0.1, 0.15) is 6.29 Å². The molecule has 0 amide bonds. The number of aldehydes is 1. The van der Waals surface area contributed by atoms with Gasteiger partial charge in [0.05, 0.1) is 12.0 Å². The molecule has 3 nitrogen and oxygen atoms in total. The maximum absolute atomic E-state index is 12.9. The molecular weight excluding hydrogens is 312 g/mol. The molecule has 3 rings (SSSR count). The van der Waals surface area contributed by atoms with Crippen molar-refractivity contribution in [1.82, 2.24) is 0 Å². The van der Waals surface area contributed by atoms with Crippen LogP contribution in [0.15, 0.2) is 11.6 Å². The lowest BCUT2D eigenvalue weighted by Crippen LogP contribution is -2.53. The normalized spacial score (nSPS) is 44.0. The third-order valence-electron chi connectivity index (χ3n) is 7.66. The van der Waals surface area contributed by atoms with Gasteiger partial charge in [-0.25, -0.2) is 0 Å². The van der Waals surface area contributed by atoms with E-state index in [1.807, 2.05) is 0 Å². The predicted molar refractivity (Wildman–Crippen MR) is 99.0 cm³/mol. The first-order chi connectivity index (χ1) is 12.3. The highest BCUT2D eigenvalue weighted by atomic mass is 16.5. The van der Waals surface area contributed by atoms with E-state index in [0.717, 1.165) is 51.2 Å². The van der Waals surface area contributed by atoms with Crippen LogP contribution in [0.2, 0.25) is 0 Å². The molecule has 140 valence electrons. The van der Waals surface area contributed by atoms with Gasteiger partial charge in [0, 0.05) is 7.79 Å². The van der Waals surface area contributed by atoms with Crippen LogP contribution in [0.1, 0.15) is 80.4 Å². The summed E-state index contributed by atoms with van der Waals surface area (Å²) in [5.74, 6) is 0.780. The van der Waals surface area contributed by atoms with E-state index in [1.54, 1.807) is 5.57 Å². The maximum Gasteiger partial charge on any atom is 0.312 e. The van der Waals surface area contributed by atoms with Crippen LogP contribution in [0.25, 0.3) is 0 Å². The van der Waals surface area contributed by atoms with Gasteiger partial charge in [0.2, 0.25) is 0 Å². The monoisotopic (exact) mass is 348 g/mol. The number of rotatable bonds is 4. The van der Waals surface area contributed by atoms with Gasteiger partial charge in [0.15, 0.2) is 0 Å². The van der Waals surface area contributed by atoms with Crippen LogP contribution in [0.3, 0.4) is 0 Å². The molecule has 25 heavy (non-hydrogen) atoms. The largest absolute Gasteiger partial charge is 0.466 e.